The summed E-state index contributed by atoms with van der Waals surface area (Å²) in [6.07, 6.45) is 0.387. The topological polar surface area (TPSA) is 84.0 Å². The lowest BCUT2D eigenvalue weighted by molar-refractivity contribution is -0.132. The molecule has 7 heteroatoms. The van der Waals surface area contributed by atoms with Gasteiger partial charge in [0.2, 0.25) is 16.9 Å². The minimum atomic E-state index is -0.717. The quantitative estimate of drug-likeness (QED) is 0.623. The number of rotatable bonds is 6. The van der Waals surface area contributed by atoms with Gasteiger partial charge in [0.1, 0.15) is 11.0 Å². The van der Waals surface area contributed by atoms with E-state index in [0.29, 0.717) is 11.6 Å². The molecule has 2 amide bonds. The lowest BCUT2D eigenvalue weighted by Gasteiger charge is -2.23. The molecule has 3 rings (SSSR count). The van der Waals surface area contributed by atoms with Gasteiger partial charge in [0.15, 0.2) is 0 Å². The lowest BCUT2D eigenvalue weighted by atomic mass is 9.94. The molecule has 156 valence electrons. The molecule has 0 aliphatic rings. The summed E-state index contributed by atoms with van der Waals surface area (Å²) < 4.78 is 0. The molecule has 0 spiro atoms. The van der Waals surface area contributed by atoms with Crippen molar-refractivity contribution >= 4 is 28.3 Å². The van der Waals surface area contributed by atoms with E-state index in [0.717, 1.165) is 21.7 Å². The Morgan fingerprint density at radius 1 is 1.00 bits per heavy atom. The number of nitrogens with one attached hydrogen (secondary N) is 2. The van der Waals surface area contributed by atoms with E-state index in [9.17, 15) is 9.59 Å². The van der Waals surface area contributed by atoms with Crippen LogP contribution in [0.1, 0.15) is 31.9 Å². The Morgan fingerprint density at radius 3 is 2.30 bits per heavy atom. The summed E-state index contributed by atoms with van der Waals surface area (Å²) in [7, 11) is 0. The standard InChI is InChI=1S/C23H26N4O2S/c1-15-10-12-17(13-11-15)20-26-27-22(30-20)25-19(28)18(24-21(29)23(2,3)4)14-16-8-6-5-7-9-16/h5-13,18H,14H2,1-4H3,(H,24,29)(H,25,27,28)/t18-/m1/s1. The summed E-state index contributed by atoms with van der Waals surface area (Å²) in [5.74, 6) is -0.501. The Kier molecular flexibility index (Phi) is 6.62. The highest BCUT2D eigenvalue weighted by molar-refractivity contribution is 7.18. The van der Waals surface area contributed by atoms with E-state index in [4.69, 9.17) is 0 Å². The van der Waals surface area contributed by atoms with Crippen molar-refractivity contribution in [3.05, 3.63) is 65.7 Å². The maximum Gasteiger partial charge on any atom is 0.249 e. The van der Waals surface area contributed by atoms with Crippen molar-refractivity contribution in [3.8, 4) is 10.6 Å². The second-order valence-electron chi connectivity index (χ2n) is 8.23. The van der Waals surface area contributed by atoms with Crippen LogP contribution in [0.25, 0.3) is 10.6 Å². The van der Waals surface area contributed by atoms with Crippen LogP contribution in [0.5, 0.6) is 0 Å². The average molecular weight is 423 g/mol. The molecular weight excluding hydrogens is 396 g/mol. The van der Waals surface area contributed by atoms with Gasteiger partial charge in [0.25, 0.3) is 0 Å². The van der Waals surface area contributed by atoms with Gasteiger partial charge in [-0.2, -0.15) is 0 Å². The molecule has 3 aromatic rings. The second-order valence-corrected chi connectivity index (χ2v) is 9.21. The van der Waals surface area contributed by atoms with Crippen LogP contribution in [-0.4, -0.2) is 28.1 Å². The van der Waals surface area contributed by atoms with Gasteiger partial charge in [-0.05, 0) is 12.5 Å². The molecule has 0 aliphatic heterocycles. The van der Waals surface area contributed by atoms with E-state index in [1.165, 1.54) is 11.3 Å². The van der Waals surface area contributed by atoms with E-state index >= 15 is 0 Å². The summed E-state index contributed by atoms with van der Waals surface area (Å²) in [5.41, 5.74) is 2.47. The summed E-state index contributed by atoms with van der Waals surface area (Å²) in [4.78, 5) is 25.5. The predicted molar refractivity (Wildman–Crippen MR) is 120 cm³/mol. The normalized spacial score (nSPS) is 12.3. The van der Waals surface area contributed by atoms with Crippen molar-refractivity contribution in [2.75, 3.05) is 5.32 Å². The summed E-state index contributed by atoms with van der Waals surface area (Å²) >= 11 is 1.30. The zero-order valence-electron chi connectivity index (χ0n) is 17.6. The van der Waals surface area contributed by atoms with Crippen LogP contribution < -0.4 is 10.6 Å². The first kappa shape index (κ1) is 21.6. The van der Waals surface area contributed by atoms with E-state index < -0.39 is 11.5 Å². The molecule has 0 bridgehead atoms. The predicted octanol–water partition coefficient (Wildman–Crippen LogP) is 4.23. The number of carbonyl (C=O) groups is 2. The number of carbonyl (C=O) groups excluding carboxylic acids is 2. The smallest absolute Gasteiger partial charge is 0.249 e. The molecule has 1 aromatic heterocycles. The van der Waals surface area contributed by atoms with Crippen molar-refractivity contribution in [2.24, 2.45) is 5.41 Å². The molecule has 1 atom stereocenters. The molecule has 30 heavy (non-hydrogen) atoms. The summed E-state index contributed by atoms with van der Waals surface area (Å²) in [5, 5.41) is 15.1. The molecule has 0 saturated heterocycles. The van der Waals surface area contributed by atoms with Crippen molar-refractivity contribution < 1.29 is 9.59 Å². The Balaban J connectivity index is 1.75. The number of benzene rings is 2. The van der Waals surface area contributed by atoms with Gasteiger partial charge in [0, 0.05) is 17.4 Å². The number of aromatic nitrogens is 2. The van der Waals surface area contributed by atoms with Crippen LogP contribution in [0.4, 0.5) is 5.13 Å². The fourth-order valence-corrected chi connectivity index (χ4v) is 3.46. The number of hydrogen-bond acceptors (Lipinski definition) is 5. The van der Waals surface area contributed by atoms with Gasteiger partial charge in [-0.25, -0.2) is 0 Å². The van der Waals surface area contributed by atoms with Gasteiger partial charge in [-0.15, -0.1) is 10.2 Å². The van der Waals surface area contributed by atoms with Gasteiger partial charge < -0.3 is 5.32 Å². The largest absolute Gasteiger partial charge is 0.344 e. The summed E-state index contributed by atoms with van der Waals surface area (Å²) in [6, 6.07) is 16.9. The van der Waals surface area contributed by atoms with E-state index in [1.54, 1.807) is 0 Å². The second kappa shape index (κ2) is 9.17. The highest BCUT2D eigenvalue weighted by Crippen LogP contribution is 2.26. The third-order valence-electron chi connectivity index (χ3n) is 4.54. The van der Waals surface area contributed by atoms with E-state index in [1.807, 2.05) is 82.3 Å². The highest BCUT2D eigenvalue weighted by Gasteiger charge is 2.28. The van der Waals surface area contributed by atoms with E-state index in [2.05, 4.69) is 20.8 Å². The SMILES string of the molecule is Cc1ccc(-c2nnc(NC(=O)[C@@H](Cc3ccccc3)NC(=O)C(C)(C)C)s2)cc1. The molecular formula is C23H26N4O2S. The third-order valence-corrected chi connectivity index (χ3v) is 5.43. The van der Waals surface area contributed by atoms with Crippen LogP contribution in [-0.2, 0) is 16.0 Å². The maximum absolute atomic E-state index is 13.0. The molecule has 0 unspecified atom stereocenters. The molecule has 0 fully saturated rings. The molecule has 0 radical (unpaired) electrons. The first-order valence-electron chi connectivity index (χ1n) is 9.78. The van der Waals surface area contributed by atoms with Crippen molar-refractivity contribution in [1.82, 2.24) is 15.5 Å². The molecule has 0 aliphatic carbocycles. The zero-order chi connectivity index (χ0) is 21.7. The van der Waals surface area contributed by atoms with Crippen molar-refractivity contribution in [1.29, 1.82) is 0 Å². The molecule has 1 heterocycles. The van der Waals surface area contributed by atoms with Crippen LogP contribution >= 0.6 is 11.3 Å². The number of hydrogen-bond donors (Lipinski definition) is 2. The zero-order valence-corrected chi connectivity index (χ0v) is 18.4. The first-order chi connectivity index (χ1) is 14.2. The Bertz CT molecular complexity index is 1010. The Labute approximate surface area is 180 Å². The van der Waals surface area contributed by atoms with Crippen LogP contribution in [0.15, 0.2) is 54.6 Å². The van der Waals surface area contributed by atoms with Gasteiger partial charge in [-0.3, -0.25) is 14.9 Å². The van der Waals surface area contributed by atoms with Crippen LogP contribution in [0, 0.1) is 12.3 Å². The van der Waals surface area contributed by atoms with Crippen LogP contribution in [0.3, 0.4) is 0 Å². The van der Waals surface area contributed by atoms with E-state index in [-0.39, 0.29) is 11.8 Å². The van der Waals surface area contributed by atoms with Crippen molar-refractivity contribution in [2.45, 2.75) is 40.2 Å². The number of amides is 2. The van der Waals surface area contributed by atoms with Gasteiger partial charge in [0.05, 0.1) is 0 Å². The fraction of sp³-hybridized carbons (Fsp3) is 0.304. The number of anilines is 1. The Morgan fingerprint density at radius 2 is 1.67 bits per heavy atom. The van der Waals surface area contributed by atoms with Gasteiger partial charge >= 0.3 is 0 Å². The monoisotopic (exact) mass is 422 g/mol. The molecule has 6 nitrogen and oxygen atoms in total. The van der Waals surface area contributed by atoms with Crippen molar-refractivity contribution in [3.63, 3.8) is 0 Å². The van der Waals surface area contributed by atoms with Crippen LogP contribution in [0.2, 0.25) is 0 Å². The molecule has 2 N–H and O–H groups in total. The average Bonchev–Trinajstić information content (AvgIpc) is 3.16. The third kappa shape index (κ3) is 5.73. The van der Waals surface area contributed by atoms with Gasteiger partial charge in [-0.1, -0.05) is 92.3 Å². The first-order valence-corrected chi connectivity index (χ1v) is 10.6. The minimum absolute atomic E-state index is 0.184. The number of aryl methyl sites for hydroxylation is 1. The Hall–Kier alpha value is -3.06. The summed E-state index contributed by atoms with van der Waals surface area (Å²) in [6.45, 7) is 7.48. The fourth-order valence-electron chi connectivity index (χ4n) is 2.71. The maximum atomic E-state index is 13.0. The molecule has 2 aromatic carbocycles. The minimum Gasteiger partial charge on any atom is -0.344 e. The number of nitrogens with zero attached hydrogens (tertiary/aromatic N) is 2. The highest BCUT2D eigenvalue weighted by atomic mass is 32.1. The molecule has 0 saturated carbocycles. The lowest BCUT2D eigenvalue weighted by Crippen LogP contribution is -2.48.